The molecular formula is C9H16N2O4S. The molecule has 7 heteroatoms. The third kappa shape index (κ3) is 2.73. The third-order valence-electron chi connectivity index (χ3n) is 2.30. The summed E-state index contributed by atoms with van der Waals surface area (Å²) < 4.78 is 25.0. The Bertz CT molecular complexity index is 409. The molecule has 16 heavy (non-hydrogen) atoms. The molecule has 92 valence electrons. The van der Waals surface area contributed by atoms with Gasteiger partial charge < -0.3 is 10.0 Å². The Labute approximate surface area is 95.2 Å². The number of hydrogen-bond donors (Lipinski definition) is 1. The van der Waals surface area contributed by atoms with Crippen molar-refractivity contribution in [1.29, 1.82) is 0 Å². The van der Waals surface area contributed by atoms with E-state index >= 15 is 0 Å². The number of aliphatic carboxylic acids is 1. The summed E-state index contributed by atoms with van der Waals surface area (Å²) in [6.45, 7) is 0. The summed E-state index contributed by atoms with van der Waals surface area (Å²) in [5, 5.41) is 8.91. The number of carboxylic acids is 1. The lowest BCUT2D eigenvalue weighted by Gasteiger charge is -2.17. The molecule has 0 spiro atoms. The molecule has 0 saturated heterocycles. The van der Waals surface area contributed by atoms with Gasteiger partial charge in [0, 0.05) is 33.4 Å². The number of nitrogens with zero attached hydrogens (tertiary/aromatic N) is 2. The molecular weight excluding hydrogens is 232 g/mol. The molecule has 0 atom stereocenters. The van der Waals surface area contributed by atoms with Gasteiger partial charge in [0.15, 0.2) is 4.91 Å². The number of sulfonamides is 1. The van der Waals surface area contributed by atoms with Crippen molar-refractivity contribution in [1.82, 2.24) is 9.21 Å². The summed E-state index contributed by atoms with van der Waals surface area (Å²) in [6, 6.07) is -0.0464. The summed E-state index contributed by atoms with van der Waals surface area (Å²) in [7, 11) is 0.695. The number of rotatable bonds is 5. The largest absolute Gasteiger partial charge is 0.477 e. The van der Waals surface area contributed by atoms with Crippen molar-refractivity contribution < 1.29 is 18.3 Å². The maximum absolute atomic E-state index is 11.9. The minimum Gasteiger partial charge on any atom is -0.477 e. The lowest BCUT2D eigenvalue weighted by molar-refractivity contribution is -0.131. The van der Waals surface area contributed by atoms with E-state index in [4.69, 9.17) is 5.11 Å². The van der Waals surface area contributed by atoms with Gasteiger partial charge >= 0.3 is 5.97 Å². The van der Waals surface area contributed by atoms with E-state index in [0.717, 1.165) is 23.3 Å². The quantitative estimate of drug-likeness (QED) is 0.687. The Balaban J connectivity index is 3.06. The summed E-state index contributed by atoms with van der Waals surface area (Å²) in [5.74, 6) is -1.43. The summed E-state index contributed by atoms with van der Waals surface area (Å²) in [6.07, 6.45) is 2.70. The fourth-order valence-corrected chi connectivity index (χ4v) is 2.73. The van der Waals surface area contributed by atoms with Crippen molar-refractivity contribution in [3.63, 3.8) is 0 Å². The molecule has 1 N–H and O–H groups in total. The first-order valence-corrected chi connectivity index (χ1v) is 6.30. The van der Waals surface area contributed by atoms with E-state index in [9.17, 15) is 13.2 Å². The van der Waals surface area contributed by atoms with Gasteiger partial charge in [-0.15, -0.1) is 0 Å². The van der Waals surface area contributed by atoms with E-state index < -0.39 is 20.9 Å². The first-order chi connectivity index (χ1) is 7.26. The van der Waals surface area contributed by atoms with Crippen molar-refractivity contribution >= 4 is 16.0 Å². The van der Waals surface area contributed by atoms with Crippen LogP contribution in [0.25, 0.3) is 0 Å². The van der Waals surface area contributed by atoms with Crippen molar-refractivity contribution in [3.8, 4) is 0 Å². The van der Waals surface area contributed by atoms with Crippen molar-refractivity contribution in [3.05, 3.63) is 11.1 Å². The summed E-state index contributed by atoms with van der Waals surface area (Å²) >= 11 is 0. The Morgan fingerprint density at radius 3 is 2.12 bits per heavy atom. The SMILES string of the molecule is CN(C)C=C(C(=O)O)S(=O)(=O)N(C)C1CC1. The van der Waals surface area contributed by atoms with Crippen LogP contribution >= 0.6 is 0 Å². The highest BCUT2D eigenvalue weighted by Gasteiger charge is 2.38. The molecule has 1 fully saturated rings. The molecule has 6 nitrogen and oxygen atoms in total. The molecule has 0 bridgehead atoms. The highest BCUT2D eigenvalue weighted by Crippen LogP contribution is 2.30. The molecule has 0 aliphatic heterocycles. The molecule has 1 saturated carbocycles. The highest BCUT2D eigenvalue weighted by atomic mass is 32.2. The minimum atomic E-state index is -3.88. The first kappa shape index (κ1) is 13.0. The van der Waals surface area contributed by atoms with E-state index in [2.05, 4.69) is 0 Å². The predicted octanol–water partition coefficient (Wildman–Crippen LogP) is -0.102. The van der Waals surface area contributed by atoms with Gasteiger partial charge in [-0.2, -0.15) is 4.31 Å². The molecule has 1 rings (SSSR count). The Morgan fingerprint density at radius 1 is 1.31 bits per heavy atom. The Hall–Kier alpha value is -1.08. The maximum Gasteiger partial charge on any atom is 0.350 e. The van der Waals surface area contributed by atoms with Crippen LogP contribution in [0.4, 0.5) is 0 Å². The fourth-order valence-electron chi connectivity index (χ4n) is 1.26. The molecule has 0 unspecified atom stereocenters. The molecule has 1 aliphatic carbocycles. The zero-order valence-corrected chi connectivity index (χ0v) is 10.4. The second-order valence-corrected chi connectivity index (χ2v) is 5.98. The Kier molecular flexibility index (Phi) is 3.59. The van der Waals surface area contributed by atoms with Gasteiger partial charge in [-0.3, -0.25) is 0 Å². The van der Waals surface area contributed by atoms with Gasteiger partial charge in [-0.25, -0.2) is 13.2 Å². The van der Waals surface area contributed by atoms with Crippen LogP contribution in [0.15, 0.2) is 11.1 Å². The maximum atomic E-state index is 11.9. The fraction of sp³-hybridized carbons (Fsp3) is 0.667. The lowest BCUT2D eigenvalue weighted by atomic mass is 10.6. The lowest BCUT2D eigenvalue weighted by Crippen LogP contribution is -2.33. The van der Waals surface area contributed by atoms with Crippen LogP contribution in [0.5, 0.6) is 0 Å². The summed E-state index contributed by atoms with van der Waals surface area (Å²) in [4.78, 5) is 11.7. The standard InChI is InChI=1S/C9H16N2O4S/c1-10(2)6-8(9(12)13)16(14,15)11(3)7-4-5-7/h6-7H,4-5H2,1-3H3,(H,12,13). The number of carboxylic acid groups (broad SMARTS) is 1. The van der Waals surface area contributed by atoms with E-state index in [0.29, 0.717) is 0 Å². The molecule has 0 radical (unpaired) electrons. The van der Waals surface area contributed by atoms with Crippen molar-refractivity contribution in [2.24, 2.45) is 0 Å². The average molecular weight is 248 g/mol. The van der Waals surface area contributed by atoms with Gasteiger partial charge in [0.2, 0.25) is 0 Å². The number of hydrogen-bond acceptors (Lipinski definition) is 4. The third-order valence-corrected chi connectivity index (χ3v) is 4.20. The topological polar surface area (TPSA) is 77.9 Å². The Morgan fingerprint density at radius 2 is 1.81 bits per heavy atom. The van der Waals surface area contributed by atoms with Crippen molar-refractivity contribution in [2.45, 2.75) is 18.9 Å². The molecule has 0 aromatic carbocycles. The minimum absolute atomic E-state index is 0.0464. The van der Waals surface area contributed by atoms with E-state index in [1.54, 1.807) is 14.1 Å². The van der Waals surface area contributed by atoms with Crippen LogP contribution < -0.4 is 0 Å². The first-order valence-electron chi connectivity index (χ1n) is 4.86. The van der Waals surface area contributed by atoms with Crippen LogP contribution in [0, 0.1) is 0 Å². The van der Waals surface area contributed by atoms with Crippen LogP contribution in [-0.2, 0) is 14.8 Å². The predicted molar refractivity (Wildman–Crippen MR) is 59.1 cm³/mol. The van der Waals surface area contributed by atoms with Gasteiger partial charge in [0.1, 0.15) is 0 Å². The van der Waals surface area contributed by atoms with Gasteiger partial charge in [-0.1, -0.05) is 0 Å². The van der Waals surface area contributed by atoms with Gasteiger partial charge in [0.25, 0.3) is 10.0 Å². The normalized spacial score (nSPS) is 17.6. The summed E-state index contributed by atoms with van der Waals surface area (Å²) in [5.41, 5.74) is 0. The van der Waals surface area contributed by atoms with E-state index in [1.807, 2.05) is 0 Å². The second-order valence-electron chi connectivity index (χ2n) is 4.01. The zero-order chi connectivity index (χ0) is 12.5. The number of carbonyl (C=O) groups is 1. The zero-order valence-electron chi connectivity index (χ0n) is 9.54. The van der Waals surface area contributed by atoms with Crippen LogP contribution in [0.1, 0.15) is 12.8 Å². The molecule has 0 aromatic heterocycles. The van der Waals surface area contributed by atoms with Gasteiger partial charge in [0.05, 0.1) is 0 Å². The molecule has 0 heterocycles. The van der Waals surface area contributed by atoms with Crippen LogP contribution in [-0.4, -0.2) is 55.9 Å². The smallest absolute Gasteiger partial charge is 0.350 e. The van der Waals surface area contributed by atoms with Crippen LogP contribution in [0.2, 0.25) is 0 Å². The second kappa shape index (κ2) is 4.42. The monoisotopic (exact) mass is 248 g/mol. The van der Waals surface area contributed by atoms with Gasteiger partial charge in [-0.05, 0) is 12.8 Å². The van der Waals surface area contributed by atoms with E-state index in [-0.39, 0.29) is 6.04 Å². The molecule has 1 aliphatic rings. The van der Waals surface area contributed by atoms with Crippen molar-refractivity contribution in [2.75, 3.05) is 21.1 Å². The highest BCUT2D eigenvalue weighted by molar-refractivity contribution is 7.94. The average Bonchev–Trinajstić information content (AvgIpc) is 2.95. The molecule has 0 aromatic rings. The van der Waals surface area contributed by atoms with Crippen LogP contribution in [0.3, 0.4) is 0 Å². The molecule has 0 amide bonds. The van der Waals surface area contributed by atoms with E-state index in [1.165, 1.54) is 11.9 Å².